The number of hydrogen-bond donors (Lipinski definition) is 6. The minimum Gasteiger partial charge on any atom is -0.497 e. The van der Waals surface area contributed by atoms with Crippen molar-refractivity contribution >= 4 is 21.9 Å². The molecule has 0 bridgehead atoms. The van der Waals surface area contributed by atoms with Crippen LogP contribution in [-0.2, 0) is 14.2 Å². The summed E-state index contributed by atoms with van der Waals surface area (Å²) in [6.45, 7) is -0.856. The molecule has 242 valence electrons. The van der Waals surface area contributed by atoms with E-state index in [2.05, 4.69) is 0 Å². The summed E-state index contributed by atoms with van der Waals surface area (Å²) in [7, 11) is 5.36. The Bertz CT molecular complexity index is 1540. The number of ether oxygens (including phenoxy) is 8. The molecular weight excluding hydrogens is 592 g/mol. The lowest BCUT2D eigenvalue weighted by Crippen LogP contribution is -2.61. The van der Waals surface area contributed by atoms with E-state index in [1.54, 1.807) is 6.07 Å². The van der Waals surface area contributed by atoms with E-state index < -0.39 is 67.3 Å². The van der Waals surface area contributed by atoms with Gasteiger partial charge in [0.1, 0.15) is 59.4 Å². The van der Waals surface area contributed by atoms with Crippen molar-refractivity contribution in [3.8, 4) is 28.7 Å². The topological polar surface area (TPSA) is 225 Å². The van der Waals surface area contributed by atoms with Gasteiger partial charge in [0, 0.05) is 0 Å². The molecule has 5 rings (SSSR count). The van der Waals surface area contributed by atoms with Crippen molar-refractivity contribution in [1.29, 1.82) is 0 Å². The van der Waals surface area contributed by atoms with Crippen LogP contribution in [0.4, 0.5) is 0 Å². The minimum atomic E-state index is -1.85. The van der Waals surface area contributed by atoms with E-state index in [1.807, 2.05) is 0 Å². The molecule has 44 heavy (non-hydrogen) atoms. The van der Waals surface area contributed by atoms with Gasteiger partial charge in [-0.2, -0.15) is 0 Å². The van der Waals surface area contributed by atoms with Crippen molar-refractivity contribution in [1.82, 2.24) is 0 Å². The lowest BCUT2D eigenvalue weighted by Gasteiger charge is -2.41. The highest BCUT2D eigenvalue weighted by Gasteiger charge is 2.47. The second-order valence-electron chi connectivity index (χ2n) is 10.1. The second kappa shape index (κ2) is 12.9. The van der Waals surface area contributed by atoms with E-state index in [9.17, 15) is 35.4 Å². The van der Waals surface area contributed by atoms with Crippen LogP contribution in [0.25, 0.3) is 21.9 Å². The van der Waals surface area contributed by atoms with E-state index in [0.717, 1.165) is 0 Å². The number of rotatable bonds is 9. The summed E-state index contributed by atoms with van der Waals surface area (Å²) < 4.78 is 50.3. The number of fused-ring (bicyclic) bond motifs is 2. The first-order chi connectivity index (χ1) is 21.1. The van der Waals surface area contributed by atoms with Gasteiger partial charge in [0.25, 0.3) is 0 Å². The van der Waals surface area contributed by atoms with Gasteiger partial charge in [-0.3, -0.25) is 4.79 Å². The molecule has 2 unspecified atom stereocenters. The first kappa shape index (κ1) is 32.0. The number of hydrogen-bond acceptors (Lipinski definition) is 16. The van der Waals surface area contributed by atoms with Gasteiger partial charge in [-0.1, -0.05) is 0 Å². The molecule has 16 nitrogen and oxygen atoms in total. The summed E-state index contributed by atoms with van der Waals surface area (Å²) in [6, 6.07) is 4.60. The molecular formula is C28H34O16. The zero-order valence-electron chi connectivity index (χ0n) is 24.1. The summed E-state index contributed by atoms with van der Waals surface area (Å²) in [5.74, 6) is -0.0785. The highest BCUT2D eigenvalue weighted by atomic mass is 16.7. The Hall–Kier alpha value is -3.45. The standard InChI is InChI=1S/C28H34O16/c1-36-10-5-6-13-11(7-10)16(30)15-22(42-13)24(37-2)26(39-4)25(38-3)23(15)44-28-21(35)19(33)18(32)14(43-28)9-41-27-20(34)17(31)12(29)8-40-27/h5-7,12,14,17-21,27-29,31-35H,8-9H2,1-4H3/t12-,14-,17+,18-,19+,20-,21-,27?,28?/m1/s1. The molecule has 2 saturated heterocycles. The van der Waals surface area contributed by atoms with Gasteiger partial charge in [-0.05, 0) is 18.2 Å². The molecule has 2 fully saturated rings. The van der Waals surface area contributed by atoms with Crippen molar-refractivity contribution in [3.63, 3.8) is 0 Å². The Morgan fingerprint density at radius 2 is 1.43 bits per heavy atom. The van der Waals surface area contributed by atoms with E-state index in [4.69, 9.17) is 42.3 Å². The predicted octanol–water partition coefficient (Wildman–Crippen LogP) is -1.38. The van der Waals surface area contributed by atoms with Crippen LogP contribution in [0.1, 0.15) is 0 Å². The van der Waals surface area contributed by atoms with Gasteiger partial charge in [0.15, 0.2) is 17.6 Å². The molecule has 0 radical (unpaired) electrons. The second-order valence-corrected chi connectivity index (χ2v) is 10.1. The van der Waals surface area contributed by atoms with Crippen LogP contribution in [0.15, 0.2) is 27.4 Å². The van der Waals surface area contributed by atoms with Crippen LogP contribution >= 0.6 is 0 Å². The van der Waals surface area contributed by atoms with Crippen LogP contribution in [-0.4, -0.2) is 128 Å². The molecule has 9 atom stereocenters. The Labute approximate surface area is 249 Å². The van der Waals surface area contributed by atoms with Crippen LogP contribution in [0, 0.1) is 0 Å². The van der Waals surface area contributed by atoms with Crippen molar-refractivity contribution in [2.45, 2.75) is 55.3 Å². The Kier molecular flexibility index (Phi) is 9.36. The van der Waals surface area contributed by atoms with Gasteiger partial charge in [0.2, 0.25) is 29.0 Å². The van der Waals surface area contributed by atoms with Crippen LogP contribution in [0.5, 0.6) is 28.7 Å². The molecule has 0 amide bonds. The lowest BCUT2D eigenvalue weighted by molar-refractivity contribution is -0.307. The monoisotopic (exact) mass is 626 g/mol. The Balaban J connectivity index is 1.55. The average Bonchev–Trinajstić information content (AvgIpc) is 3.03. The fraction of sp³-hybridized carbons (Fsp3) is 0.536. The third-order valence-electron chi connectivity index (χ3n) is 7.54. The maximum Gasteiger partial charge on any atom is 0.229 e. The zero-order chi connectivity index (χ0) is 31.9. The predicted molar refractivity (Wildman–Crippen MR) is 147 cm³/mol. The Morgan fingerprint density at radius 1 is 0.773 bits per heavy atom. The highest BCUT2D eigenvalue weighted by Crippen LogP contribution is 2.51. The fourth-order valence-corrected chi connectivity index (χ4v) is 5.14. The highest BCUT2D eigenvalue weighted by molar-refractivity contribution is 6.00. The molecule has 0 aliphatic carbocycles. The molecule has 2 aromatic carbocycles. The molecule has 6 N–H and O–H groups in total. The molecule has 2 aliphatic heterocycles. The van der Waals surface area contributed by atoms with Crippen molar-refractivity contribution in [2.24, 2.45) is 0 Å². The summed E-state index contributed by atoms with van der Waals surface area (Å²) in [4.78, 5) is 13.9. The molecule has 0 spiro atoms. The third kappa shape index (κ3) is 5.48. The maximum atomic E-state index is 13.9. The summed E-state index contributed by atoms with van der Waals surface area (Å²) in [6.07, 6.45) is -14.4. The third-order valence-corrected chi connectivity index (χ3v) is 7.54. The van der Waals surface area contributed by atoms with E-state index in [0.29, 0.717) is 5.75 Å². The molecule has 16 heteroatoms. The summed E-state index contributed by atoms with van der Waals surface area (Å²) >= 11 is 0. The number of aliphatic hydroxyl groups is 6. The number of methoxy groups -OCH3 is 4. The lowest BCUT2D eigenvalue weighted by atomic mass is 9.99. The number of aliphatic hydroxyl groups excluding tert-OH is 6. The number of benzene rings is 2. The van der Waals surface area contributed by atoms with Crippen LogP contribution in [0.2, 0.25) is 0 Å². The SMILES string of the molecule is COc1ccc2oc3c(OC)c(OC)c(OC)c(OC4O[C@H](COC5OC[C@@H](O)[C@H](O)[C@H]5O)[C@@H](O)[C@H](O)[C@H]4O)c3c(=O)c2c1. The molecule has 0 saturated carbocycles. The largest absolute Gasteiger partial charge is 0.497 e. The van der Waals surface area contributed by atoms with E-state index >= 15 is 0 Å². The average molecular weight is 627 g/mol. The smallest absolute Gasteiger partial charge is 0.229 e. The molecule has 1 aromatic heterocycles. The van der Waals surface area contributed by atoms with Crippen molar-refractivity contribution in [2.75, 3.05) is 41.7 Å². The van der Waals surface area contributed by atoms with Gasteiger partial charge >= 0.3 is 0 Å². The maximum absolute atomic E-state index is 13.9. The van der Waals surface area contributed by atoms with Crippen LogP contribution < -0.4 is 29.1 Å². The molecule has 3 heterocycles. The van der Waals surface area contributed by atoms with Gasteiger partial charge in [-0.15, -0.1) is 0 Å². The quantitative estimate of drug-likeness (QED) is 0.151. The minimum absolute atomic E-state index is 0.00621. The fourth-order valence-electron chi connectivity index (χ4n) is 5.14. The first-order valence-corrected chi connectivity index (χ1v) is 13.5. The van der Waals surface area contributed by atoms with Crippen molar-refractivity contribution in [3.05, 3.63) is 28.4 Å². The Morgan fingerprint density at radius 3 is 2.09 bits per heavy atom. The summed E-state index contributed by atoms with van der Waals surface area (Å²) in [5.41, 5.74) is -0.489. The van der Waals surface area contributed by atoms with Gasteiger partial charge in [-0.25, -0.2) is 0 Å². The van der Waals surface area contributed by atoms with Crippen LogP contribution in [0.3, 0.4) is 0 Å². The van der Waals surface area contributed by atoms with Gasteiger partial charge < -0.3 is 73.0 Å². The normalized spacial score (nSPS) is 30.7. The molecule has 3 aromatic rings. The summed E-state index contributed by atoms with van der Waals surface area (Å²) in [5, 5.41) is 61.8. The van der Waals surface area contributed by atoms with E-state index in [-0.39, 0.29) is 51.5 Å². The van der Waals surface area contributed by atoms with E-state index in [1.165, 1.54) is 40.6 Å². The zero-order valence-corrected chi connectivity index (χ0v) is 24.1. The van der Waals surface area contributed by atoms with Crippen molar-refractivity contribution < 1.29 is 73.0 Å². The first-order valence-electron chi connectivity index (χ1n) is 13.5. The van der Waals surface area contributed by atoms with Gasteiger partial charge in [0.05, 0.1) is 47.0 Å². The molecule has 2 aliphatic rings.